The van der Waals surface area contributed by atoms with E-state index in [0.29, 0.717) is 19.6 Å². The van der Waals surface area contributed by atoms with Crippen LogP contribution in [-0.4, -0.2) is 55.8 Å². The van der Waals surface area contributed by atoms with Gasteiger partial charge < -0.3 is 25.2 Å². The molecule has 0 spiro atoms. The molecular formula is C14H19N3O4S. The Morgan fingerprint density at radius 1 is 1.50 bits per heavy atom. The third-order valence-corrected chi connectivity index (χ3v) is 3.46. The summed E-state index contributed by atoms with van der Waals surface area (Å²) in [6.07, 6.45) is -0.668. The second-order valence-corrected chi connectivity index (χ2v) is 5.06. The molecule has 0 aromatic heterocycles. The number of carbonyl (C=O) groups excluding carboxylic acids is 1. The van der Waals surface area contributed by atoms with Crippen LogP contribution in [0.5, 0.6) is 0 Å². The average Bonchev–Trinajstić information content (AvgIpc) is 2.92. The quantitative estimate of drug-likeness (QED) is 0.671. The minimum Gasteiger partial charge on any atom is -0.474 e. The van der Waals surface area contributed by atoms with Crippen molar-refractivity contribution in [1.29, 1.82) is 0 Å². The fourth-order valence-corrected chi connectivity index (χ4v) is 2.15. The first-order valence-corrected chi connectivity index (χ1v) is 7.29. The van der Waals surface area contributed by atoms with Gasteiger partial charge in [0.25, 0.3) is 5.17 Å². The van der Waals surface area contributed by atoms with E-state index in [1.807, 2.05) is 24.3 Å². The van der Waals surface area contributed by atoms with Crippen molar-refractivity contribution in [1.82, 2.24) is 5.32 Å². The van der Waals surface area contributed by atoms with Crippen LogP contribution in [0.1, 0.15) is 0 Å². The maximum atomic E-state index is 11.9. The summed E-state index contributed by atoms with van der Waals surface area (Å²) < 4.78 is 10.1. The predicted molar refractivity (Wildman–Crippen MR) is 87.2 cm³/mol. The zero-order chi connectivity index (χ0) is 15.9. The van der Waals surface area contributed by atoms with Crippen molar-refractivity contribution in [3.63, 3.8) is 0 Å². The molecule has 1 aromatic rings. The summed E-state index contributed by atoms with van der Waals surface area (Å²) in [5.74, 6) is 0. The summed E-state index contributed by atoms with van der Waals surface area (Å²) in [6, 6.07) is 7.36. The molecule has 1 fully saturated rings. The van der Waals surface area contributed by atoms with Gasteiger partial charge in [-0.1, -0.05) is 0 Å². The largest absolute Gasteiger partial charge is 0.474 e. The molecule has 1 saturated heterocycles. The topological polar surface area (TPSA) is 83.1 Å². The maximum absolute atomic E-state index is 11.9. The lowest BCUT2D eigenvalue weighted by Gasteiger charge is -2.14. The smallest absolute Gasteiger partial charge is 0.414 e. The van der Waals surface area contributed by atoms with E-state index in [4.69, 9.17) is 26.8 Å². The molecular weight excluding hydrogens is 306 g/mol. The predicted octanol–water partition coefficient (Wildman–Crippen LogP) is 0.937. The third kappa shape index (κ3) is 4.22. The minimum absolute atomic E-state index is 0.0677. The number of cyclic esters (lactones) is 1. The molecule has 22 heavy (non-hydrogen) atoms. The van der Waals surface area contributed by atoms with Crippen LogP contribution in [0.4, 0.5) is 16.2 Å². The van der Waals surface area contributed by atoms with Crippen molar-refractivity contribution in [2.75, 3.05) is 43.6 Å². The number of anilines is 2. The molecule has 0 saturated carbocycles. The summed E-state index contributed by atoms with van der Waals surface area (Å²) >= 11 is 4.88. The van der Waals surface area contributed by atoms with Gasteiger partial charge in [0, 0.05) is 17.9 Å². The molecule has 1 aliphatic rings. The zero-order valence-corrected chi connectivity index (χ0v) is 13.1. The monoisotopic (exact) mass is 325 g/mol. The van der Waals surface area contributed by atoms with Crippen LogP contribution in [0.25, 0.3) is 0 Å². The number of hydrogen-bond acceptors (Lipinski definition) is 6. The Morgan fingerprint density at radius 3 is 2.86 bits per heavy atom. The number of carbonyl (C=O) groups is 1. The van der Waals surface area contributed by atoms with Crippen LogP contribution >= 0.6 is 12.2 Å². The van der Waals surface area contributed by atoms with Gasteiger partial charge in [-0.25, -0.2) is 4.79 Å². The molecule has 0 radical (unpaired) electrons. The normalized spacial score (nSPS) is 17.1. The fraction of sp³-hybridized carbons (Fsp3) is 0.429. The molecule has 2 rings (SSSR count). The molecule has 7 nitrogen and oxygen atoms in total. The van der Waals surface area contributed by atoms with E-state index >= 15 is 0 Å². The average molecular weight is 325 g/mol. The van der Waals surface area contributed by atoms with Gasteiger partial charge in [0.2, 0.25) is 0 Å². The van der Waals surface area contributed by atoms with Crippen LogP contribution in [-0.2, 0) is 9.47 Å². The molecule has 1 amide bonds. The van der Waals surface area contributed by atoms with Crippen molar-refractivity contribution in [2.45, 2.75) is 6.10 Å². The van der Waals surface area contributed by atoms with Gasteiger partial charge in [-0.2, -0.15) is 0 Å². The van der Waals surface area contributed by atoms with E-state index in [2.05, 4.69) is 10.6 Å². The van der Waals surface area contributed by atoms with Crippen LogP contribution in [0, 0.1) is 0 Å². The Kier molecular flexibility index (Phi) is 5.79. The summed E-state index contributed by atoms with van der Waals surface area (Å²) in [6.45, 7) is 1.41. The molecule has 0 bridgehead atoms. The zero-order valence-electron chi connectivity index (χ0n) is 12.2. The number of nitrogens with one attached hydrogen (secondary N) is 2. The number of rotatable bonds is 6. The van der Waals surface area contributed by atoms with Gasteiger partial charge >= 0.3 is 6.09 Å². The van der Waals surface area contributed by atoms with Gasteiger partial charge in [-0.05, 0) is 36.5 Å². The standard InChI is InChI=1S/C14H19N3O4S/c1-20-13(22)16-8-12-9-17(14(19)21-12)11-4-2-10(3-5-11)15-6-7-18/h2-5,12,15,18H,6-9H2,1H3,(H,16,22)/t12-/m0/s1. The highest BCUT2D eigenvalue weighted by molar-refractivity contribution is 7.80. The highest BCUT2D eigenvalue weighted by Crippen LogP contribution is 2.23. The first-order chi connectivity index (χ1) is 10.6. The SMILES string of the molecule is COC(=S)NC[C@H]1CN(c2ccc(NCCO)cc2)C(=O)O1. The Labute approximate surface area is 134 Å². The summed E-state index contributed by atoms with van der Waals surface area (Å²) in [5, 5.41) is 15.0. The number of hydrogen-bond donors (Lipinski definition) is 3. The number of nitrogens with zero attached hydrogens (tertiary/aromatic N) is 1. The first-order valence-electron chi connectivity index (χ1n) is 6.89. The lowest BCUT2D eigenvalue weighted by atomic mass is 10.2. The maximum Gasteiger partial charge on any atom is 0.414 e. The van der Waals surface area contributed by atoms with Crippen molar-refractivity contribution in [3.05, 3.63) is 24.3 Å². The van der Waals surface area contributed by atoms with Gasteiger partial charge in [0.05, 0.1) is 26.8 Å². The van der Waals surface area contributed by atoms with Crippen LogP contribution in [0.15, 0.2) is 24.3 Å². The Hall–Kier alpha value is -2.06. The van der Waals surface area contributed by atoms with E-state index in [0.717, 1.165) is 11.4 Å². The highest BCUT2D eigenvalue weighted by Gasteiger charge is 2.32. The van der Waals surface area contributed by atoms with E-state index in [1.54, 1.807) is 4.90 Å². The first kappa shape index (κ1) is 16.3. The van der Waals surface area contributed by atoms with Crippen molar-refractivity contribution in [2.24, 2.45) is 0 Å². The number of aliphatic hydroxyl groups excluding tert-OH is 1. The summed E-state index contributed by atoms with van der Waals surface area (Å²) in [4.78, 5) is 13.5. The number of ether oxygens (including phenoxy) is 2. The molecule has 1 aliphatic heterocycles. The van der Waals surface area contributed by atoms with E-state index in [1.165, 1.54) is 7.11 Å². The Balaban J connectivity index is 1.92. The minimum atomic E-state index is -0.383. The van der Waals surface area contributed by atoms with Crippen LogP contribution in [0.2, 0.25) is 0 Å². The van der Waals surface area contributed by atoms with Crippen LogP contribution < -0.4 is 15.5 Å². The number of thiocarbonyl (C=S) groups is 1. The van der Waals surface area contributed by atoms with Gasteiger partial charge in [-0.3, -0.25) is 4.90 Å². The van der Waals surface area contributed by atoms with E-state index in [-0.39, 0.29) is 24.0 Å². The lowest BCUT2D eigenvalue weighted by Crippen LogP contribution is -2.34. The van der Waals surface area contributed by atoms with Crippen molar-refractivity contribution >= 4 is 34.9 Å². The number of amides is 1. The molecule has 3 N–H and O–H groups in total. The summed E-state index contributed by atoms with van der Waals surface area (Å²) in [7, 11) is 1.48. The second kappa shape index (κ2) is 7.81. The molecule has 1 heterocycles. The number of methoxy groups -OCH3 is 1. The lowest BCUT2D eigenvalue weighted by molar-refractivity contribution is 0.142. The number of aliphatic hydroxyl groups is 1. The Morgan fingerprint density at radius 2 is 2.23 bits per heavy atom. The van der Waals surface area contributed by atoms with E-state index < -0.39 is 0 Å². The molecule has 8 heteroatoms. The molecule has 1 atom stereocenters. The Bertz CT molecular complexity index is 523. The van der Waals surface area contributed by atoms with Crippen molar-refractivity contribution in [3.8, 4) is 0 Å². The third-order valence-electron chi connectivity index (χ3n) is 3.15. The van der Waals surface area contributed by atoms with Gasteiger partial charge in [-0.15, -0.1) is 0 Å². The number of benzene rings is 1. The molecule has 1 aromatic carbocycles. The fourth-order valence-electron chi connectivity index (χ4n) is 2.07. The van der Waals surface area contributed by atoms with Crippen molar-refractivity contribution < 1.29 is 19.4 Å². The van der Waals surface area contributed by atoms with E-state index in [9.17, 15) is 4.79 Å². The van der Waals surface area contributed by atoms with Gasteiger partial charge in [0.15, 0.2) is 0 Å². The van der Waals surface area contributed by atoms with Gasteiger partial charge in [0.1, 0.15) is 6.10 Å². The van der Waals surface area contributed by atoms with Crippen LogP contribution in [0.3, 0.4) is 0 Å². The molecule has 120 valence electrons. The molecule has 0 unspecified atom stereocenters. The molecule has 0 aliphatic carbocycles. The highest BCUT2D eigenvalue weighted by atomic mass is 32.1. The summed E-state index contributed by atoms with van der Waals surface area (Å²) in [5.41, 5.74) is 1.64. The second-order valence-electron chi connectivity index (χ2n) is 4.69.